The minimum absolute atomic E-state index is 0.0923. The lowest BCUT2D eigenvalue weighted by molar-refractivity contribution is -0.121. The molecule has 0 saturated heterocycles. The summed E-state index contributed by atoms with van der Waals surface area (Å²) in [7, 11) is 2.81. The van der Waals surface area contributed by atoms with Crippen molar-refractivity contribution in [1.82, 2.24) is 5.32 Å². The van der Waals surface area contributed by atoms with Crippen LogP contribution >= 0.6 is 10.7 Å². The number of carbonyl (C=O) groups is 1. The second-order valence-corrected chi connectivity index (χ2v) is 7.74. The maximum Gasteiger partial charge on any atom is 0.264 e. The molecule has 0 aliphatic heterocycles. The Labute approximate surface area is 122 Å². The largest absolute Gasteiger partial charge is 0.495 e. The summed E-state index contributed by atoms with van der Waals surface area (Å²) < 4.78 is 27.9. The maximum absolute atomic E-state index is 11.9. The number of rotatable bonds is 5. The van der Waals surface area contributed by atoms with Crippen LogP contribution in [0.25, 0.3) is 0 Å². The van der Waals surface area contributed by atoms with Gasteiger partial charge in [0.1, 0.15) is 10.6 Å². The summed E-state index contributed by atoms with van der Waals surface area (Å²) in [6.45, 7) is 1.98. The average molecular weight is 318 g/mol. The van der Waals surface area contributed by atoms with Crippen molar-refractivity contribution in [3.8, 4) is 5.75 Å². The number of amides is 1. The van der Waals surface area contributed by atoms with Crippen LogP contribution in [0.2, 0.25) is 0 Å². The van der Waals surface area contributed by atoms with Crippen molar-refractivity contribution in [3.05, 3.63) is 23.8 Å². The van der Waals surface area contributed by atoms with Gasteiger partial charge in [-0.2, -0.15) is 0 Å². The molecule has 7 heteroatoms. The highest BCUT2D eigenvalue weighted by Gasteiger charge is 2.38. The number of carbonyl (C=O) groups excluding carboxylic acids is 1. The Morgan fingerprint density at radius 2 is 2.10 bits per heavy atom. The Balaban J connectivity index is 2.18. The Hall–Kier alpha value is -1.27. The lowest BCUT2D eigenvalue weighted by atomic mass is 10.1. The van der Waals surface area contributed by atoms with Gasteiger partial charge in [0.05, 0.1) is 13.5 Å². The van der Waals surface area contributed by atoms with Gasteiger partial charge in [-0.1, -0.05) is 6.07 Å². The number of methoxy groups -OCH3 is 1. The second-order valence-electron chi connectivity index (χ2n) is 5.21. The third-order valence-corrected chi connectivity index (χ3v) is 4.64. The summed E-state index contributed by atoms with van der Waals surface area (Å²) in [6.07, 6.45) is 2.06. The van der Waals surface area contributed by atoms with Gasteiger partial charge in [0, 0.05) is 16.2 Å². The maximum atomic E-state index is 11.9. The van der Waals surface area contributed by atoms with E-state index in [4.69, 9.17) is 15.4 Å². The summed E-state index contributed by atoms with van der Waals surface area (Å²) in [5.74, 6) is 0.0337. The molecule has 0 bridgehead atoms. The molecule has 1 aliphatic carbocycles. The Bertz CT molecular complexity index is 638. The highest BCUT2D eigenvalue weighted by atomic mass is 35.7. The first kappa shape index (κ1) is 15.1. The number of nitrogens with one attached hydrogen (secondary N) is 1. The molecule has 1 aromatic rings. The number of ether oxygens (including phenoxy) is 1. The fraction of sp³-hybridized carbons (Fsp3) is 0.462. The van der Waals surface area contributed by atoms with Gasteiger partial charge < -0.3 is 10.1 Å². The molecular formula is C13H16ClNO4S. The fourth-order valence-electron chi connectivity index (χ4n) is 1.90. The normalized spacial score (nSPS) is 16.6. The lowest BCUT2D eigenvalue weighted by Crippen LogP contribution is -2.35. The number of hydrogen-bond donors (Lipinski definition) is 1. The molecule has 1 amide bonds. The molecule has 0 aromatic heterocycles. The van der Waals surface area contributed by atoms with Crippen molar-refractivity contribution in [3.63, 3.8) is 0 Å². The third kappa shape index (κ3) is 3.64. The molecule has 0 radical (unpaired) electrons. The van der Waals surface area contributed by atoms with Gasteiger partial charge in [0.15, 0.2) is 0 Å². The van der Waals surface area contributed by atoms with Gasteiger partial charge in [-0.05, 0) is 37.5 Å². The molecule has 1 aliphatic rings. The molecule has 20 heavy (non-hydrogen) atoms. The quantitative estimate of drug-likeness (QED) is 0.841. The molecule has 0 atom stereocenters. The van der Waals surface area contributed by atoms with E-state index in [1.165, 1.54) is 19.2 Å². The zero-order valence-corrected chi connectivity index (χ0v) is 12.8. The van der Waals surface area contributed by atoms with E-state index in [0.717, 1.165) is 12.8 Å². The first-order valence-electron chi connectivity index (χ1n) is 6.16. The van der Waals surface area contributed by atoms with Crippen LogP contribution < -0.4 is 10.1 Å². The van der Waals surface area contributed by atoms with E-state index in [-0.39, 0.29) is 28.5 Å². The van der Waals surface area contributed by atoms with Gasteiger partial charge >= 0.3 is 0 Å². The predicted octanol–water partition coefficient (Wildman–Crippen LogP) is 1.83. The molecule has 110 valence electrons. The topological polar surface area (TPSA) is 72.5 Å². The number of hydrogen-bond acceptors (Lipinski definition) is 4. The van der Waals surface area contributed by atoms with Gasteiger partial charge in [-0.25, -0.2) is 8.42 Å². The summed E-state index contributed by atoms with van der Waals surface area (Å²) in [5.41, 5.74) is 0.483. The smallest absolute Gasteiger partial charge is 0.264 e. The zero-order valence-electron chi connectivity index (χ0n) is 11.3. The summed E-state index contributed by atoms with van der Waals surface area (Å²) >= 11 is 0. The number of benzene rings is 1. The summed E-state index contributed by atoms with van der Waals surface area (Å²) in [5, 5.41) is 2.91. The highest BCUT2D eigenvalue weighted by Crippen LogP contribution is 2.34. The van der Waals surface area contributed by atoms with Gasteiger partial charge in [-0.3, -0.25) is 4.79 Å². The first-order chi connectivity index (χ1) is 9.23. The Kier molecular flexibility index (Phi) is 3.97. The standard InChI is InChI=1S/C13H16ClNO4S/c1-13(5-6-13)15-12(16)8-9-3-4-10(19-2)11(7-9)20(14,17)18/h3-4,7H,5-6,8H2,1-2H3,(H,15,16). The molecule has 1 aromatic carbocycles. The molecule has 1 saturated carbocycles. The van der Waals surface area contributed by atoms with Crippen LogP contribution in [-0.4, -0.2) is 27.0 Å². The van der Waals surface area contributed by atoms with Crippen molar-refractivity contribution in [2.45, 2.75) is 36.6 Å². The van der Waals surface area contributed by atoms with Crippen LogP contribution in [0.3, 0.4) is 0 Å². The van der Waals surface area contributed by atoms with Gasteiger partial charge in [0.2, 0.25) is 5.91 Å². The van der Waals surface area contributed by atoms with Gasteiger partial charge in [-0.15, -0.1) is 0 Å². The molecule has 2 rings (SSSR count). The molecule has 0 unspecified atom stereocenters. The fourth-order valence-corrected chi connectivity index (χ4v) is 2.95. The van der Waals surface area contributed by atoms with Gasteiger partial charge in [0.25, 0.3) is 9.05 Å². The average Bonchev–Trinajstić information content (AvgIpc) is 3.05. The van der Waals surface area contributed by atoms with Crippen molar-refractivity contribution < 1.29 is 17.9 Å². The molecule has 0 heterocycles. The van der Waals surface area contributed by atoms with Crippen molar-refractivity contribution in [1.29, 1.82) is 0 Å². The van der Waals surface area contributed by atoms with Crippen LogP contribution in [0.1, 0.15) is 25.3 Å². The minimum atomic E-state index is -3.91. The second kappa shape index (κ2) is 5.26. The Morgan fingerprint density at radius 1 is 1.45 bits per heavy atom. The molecule has 0 spiro atoms. The summed E-state index contributed by atoms with van der Waals surface area (Å²) in [4.78, 5) is 11.7. The van der Waals surface area contributed by atoms with Crippen LogP contribution in [-0.2, 0) is 20.3 Å². The molecule has 1 N–H and O–H groups in total. The molecule has 1 fully saturated rings. The van der Waals surface area contributed by atoms with Crippen LogP contribution in [0.5, 0.6) is 5.75 Å². The van der Waals surface area contributed by atoms with Crippen molar-refractivity contribution in [2.75, 3.05) is 7.11 Å². The lowest BCUT2D eigenvalue weighted by Gasteiger charge is -2.12. The summed E-state index contributed by atoms with van der Waals surface area (Å²) in [6, 6.07) is 4.52. The van der Waals surface area contributed by atoms with Crippen LogP contribution in [0, 0.1) is 0 Å². The van der Waals surface area contributed by atoms with Crippen LogP contribution in [0.4, 0.5) is 0 Å². The monoisotopic (exact) mass is 317 g/mol. The zero-order chi connectivity index (χ0) is 15.0. The van der Waals surface area contributed by atoms with E-state index in [2.05, 4.69) is 5.32 Å². The predicted molar refractivity (Wildman–Crippen MR) is 75.5 cm³/mol. The van der Waals surface area contributed by atoms with Crippen molar-refractivity contribution >= 4 is 25.6 Å². The molecule has 5 nitrogen and oxygen atoms in total. The highest BCUT2D eigenvalue weighted by molar-refractivity contribution is 8.13. The van der Waals surface area contributed by atoms with E-state index in [0.29, 0.717) is 5.56 Å². The van der Waals surface area contributed by atoms with E-state index in [9.17, 15) is 13.2 Å². The van der Waals surface area contributed by atoms with E-state index >= 15 is 0 Å². The Morgan fingerprint density at radius 3 is 2.60 bits per heavy atom. The van der Waals surface area contributed by atoms with E-state index < -0.39 is 9.05 Å². The van der Waals surface area contributed by atoms with Crippen LogP contribution in [0.15, 0.2) is 23.1 Å². The third-order valence-electron chi connectivity index (χ3n) is 3.30. The van der Waals surface area contributed by atoms with Crippen molar-refractivity contribution in [2.24, 2.45) is 0 Å². The SMILES string of the molecule is COc1ccc(CC(=O)NC2(C)CC2)cc1S(=O)(=O)Cl. The minimum Gasteiger partial charge on any atom is -0.495 e. The van der Waals surface area contributed by atoms with E-state index in [1.54, 1.807) is 6.07 Å². The van der Waals surface area contributed by atoms with E-state index in [1.807, 2.05) is 6.92 Å². The number of halogens is 1. The first-order valence-corrected chi connectivity index (χ1v) is 8.47. The molecular weight excluding hydrogens is 302 g/mol.